The highest BCUT2D eigenvalue weighted by atomic mass is 16.4. The first-order chi connectivity index (χ1) is 11.3. The highest BCUT2D eigenvalue weighted by Gasteiger charge is 2.45. The van der Waals surface area contributed by atoms with Crippen molar-refractivity contribution >= 4 is 12.0 Å². The number of carbonyl (C=O) groups is 2. The molecule has 5 nitrogen and oxygen atoms in total. The summed E-state index contributed by atoms with van der Waals surface area (Å²) in [4.78, 5) is 25.2. The van der Waals surface area contributed by atoms with Gasteiger partial charge in [-0.25, -0.2) is 4.79 Å². The standard InChI is InChI=1S/C19H28N2O3/c1-14(19(2)11-12-19)21(3)18(24)20-16(9-10-17(22)23)13-15-7-5-4-6-8-15/h4-8,14,16H,9-13H2,1-3H3,(H,20,24)(H,22,23). The van der Waals surface area contributed by atoms with Crippen molar-refractivity contribution in [2.24, 2.45) is 5.41 Å². The van der Waals surface area contributed by atoms with E-state index in [2.05, 4.69) is 19.2 Å². The van der Waals surface area contributed by atoms with Gasteiger partial charge in [0.15, 0.2) is 0 Å². The van der Waals surface area contributed by atoms with Gasteiger partial charge in [0.1, 0.15) is 0 Å². The lowest BCUT2D eigenvalue weighted by Gasteiger charge is -2.32. The third-order valence-electron chi connectivity index (χ3n) is 5.31. The molecular weight excluding hydrogens is 304 g/mol. The molecule has 2 atom stereocenters. The van der Waals surface area contributed by atoms with Crippen molar-refractivity contribution in [1.29, 1.82) is 0 Å². The number of amides is 2. The molecule has 0 heterocycles. The molecule has 0 radical (unpaired) electrons. The fraction of sp³-hybridized carbons (Fsp3) is 0.579. The molecule has 2 unspecified atom stereocenters. The van der Waals surface area contributed by atoms with Crippen LogP contribution in [0.1, 0.15) is 45.1 Å². The molecular formula is C19H28N2O3. The van der Waals surface area contributed by atoms with Crippen LogP contribution in [0.25, 0.3) is 0 Å². The summed E-state index contributed by atoms with van der Waals surface area (Å²) in [5.74, 6) is -0.838. The van der Waals surface area contributed by atoms with Gasteiger partial charge >= 0.3 is 12.0 Å². The second-order valence-electron chi connectivity index (χ2n) is 7.21. The molecule has 0 aliphatic heterocycles. The van der Waals surface area contributed by atoms with Gasteiger partial charge in [0.2, 0.25) is 0 Å². The van der Waals surface area contributed by atoms with Crippen molar-refractivity contribution in [3.63, 3.8) is 0 Å². The lowest BCUT2D eigenvalue weighted by molar-refractivity contribution is -0.137. The van der Waals surface area contributed by atoms with Crippen molar-refractivity contribution in [3.05, 3.63) is 35.9 Å². The summed E-state index contributed by atoms with van der Waals surface area (Å²) in [6.45, 7) is 4.28. The number of hydrogen-bond donors (Lipinski definition) is 2. The van der Waals surface area contributed by atoms with E-state index in [1.165, 1.54) is 0 Å². The smallest absolute Gasteiger partial charge is 0.317 e. The minimum atomic E-state index is -0.838. The summed E-state index contributed by atoms with van der Waals surface area (Å²) >= 11 is 0. The first kappa shape index (κ1) is 18.3. The first-order valence-corrected chi connectivity index (χ1v) is 8.61. The van der Waals surface area contributed by atoms with E-state index in [-0.39, 0.29) is 30.0 Å². The van der Waals surface area contributed by atoms with Gasteiger partial charge in [-0.3, -0.25) is 4.79 Å². The Morgan fingerprint density at radius 1 is 1.29 bits per heavy atom. The number of benzene rings is 1. The first-order valence-electron chi connectivity index (χ1n) is 8.61. The summed E-state index contributed by atoms with van der Waals surface area (Å²) in [6, 6.07) is 9.71. The lowest BCUT2D eigenvalue weighted by Crippen LogP contribution is -2.49. The van der Waals surface area contributed by atoms with Gasteiger partial charge in [-0.1, -0.05) is 37.3 Å². The zero-order valence-corrected chi connectivity index (χ0v) is 14.8. The number of rotatable bonds is 8. The Labute approximate surface area is 144 Å². The number of carboxylic acids is 1. The molecule has 1 fully saturated rings. The Bertz CT molecular complexity index is 569. The minimum Gasteiger partial charge on any atom is -0.481 e. The van der Waals surface area contributed by atoms with Gasteiger partial charge in [0.05, 0.1) is 0 Å². The van der Waals surface area contributed by atoms with E-state index in [4.69, 9.17) is 5.11 Å². The van der Waals surface area contributed by atoms with Crippen LogP contribution < -0.4 is 5.32 Å². The van der Waals surface area contributed by atoms with Gasteiger partial charge in [0.25, 0.3) is 0 Å². The molecule has 5 heteroatoms. The van der Waals surface area contributed by atoms with E-state index < -0.39 is 5.97 Å². The number of nitrogens with one attached hydrogen (secondary N) is 1. The third kappa shape index (κ3) is 4.98. The fourth-order valence-corrected chi connectivity index (χ4v) is 2.96. The van der Waals surface area contributed by atoms with E-state index in [1.807, 2.05) is 37.4 Å². The van der Waals surface area contributed by atoms with Crippen LogP contribution in [0.4, 0.5) is 4.79 Å². The molecule has 2 N–H and O–H groups in total. The number of urea groups is 1. The number of nitrogens with zero attached hydrogens (tertiary/aromatic N) is 1. The zero-order valence-electron chi connectivity index (χ0n) is 14.8. The maximum absolute atomic E-state index is 12.6. The Morgan fingerprint density at radius 3 is 2.46 bits per heavy atom. The van der Waals surface area contributed by atoms with E-state index in [0.29, 0.717) is 12.8 Å². The third-order valence-corrected chi connectivity index (χ3v) is 5.31. The summed E-state index contributed by atoms with van der Waals surface area (Å²) in [7, 11) is 1.82. The Morgan fingerprint density at radius 2 is 1.92 bits per heavy atom. The summed E-state index contributed by atoms with van der Waals surface area (Å²) in [5.41, 5.74) is 1.32. The summed E-state index contributed by atoms with van der Waals surface area (Å²) in [5, 5.41) is 12.0. The van der Waals surface area contributed by atoms with Crippen LogP contribution >= 0.6 is 0 Å². The van der Waals surface area contributed by atoms with Crippen LogP contribution in [0.5, 0.6) is 0 Å². The van der Waals surface area contributed by atoms with Crippen molar-refractivity contribution in [2.45, 2.75) is 58.0 Å². The van der Waals surface area contributed by atoms with E-state index in [0.717, 1.165) is 18.4 Å². The summed E-state index contributed by atoms with van der Waals surface area (Å²) < 4.78 is 0. The molecule has 2 amide bonds. The molecule has 0 bridgehead atoms. The Kier molecular flexibility index (Phi) is 5.86. The topological polar surface area (TPSA) is 69.6 Å². The molecule has 2 rings (SSSR count). The van der Waals surface area contributed by atoms with E-state index >= 15 is 0 Å². The number of carbonyl (C=O) groups excluding carboxylic acids is 1. The van der Waals surface area contributed by atoms with Crippen molar-refractivity contribution in [1.82, 2.24) is 10.2 Å². The van der Waals surface area contributed by atoms with Gasteiger partial charge in [-0.2, -0.15) is 0 Å². The average Bonchev–Trinajstić information content (AvgIpc) is 3.31. The fourth-order valence-electron chi connectivity index (χ4n) is 2.96. The average molecular weight is 332 g/mol. The molecule has 0 aromatic heterocycles. The molecule has 1 aromatic rings. The van der Waals surface area contributed by atoms with Gasteiger partial charge in [0, 0.05) is 25.6 Å². The maximum Gasteiger partial charge on any atom is 0.317 e. The lowest BCUT2D eigenvalue weighted by atomic mass is 9.99. The van der Waals surface area contributed by atoms with Gasteiger partial charge in [-0.05, 0) is 43.6 Å². The summed E-state index contributed by atoms with van der Waals surface area (Å²) in [6.07, 6.45) is 3.42. The monoisotopic (exact) mass is 332 g/mol. The normalized spacial score (nSPS) is 17.6. The Hall–Kier alpha value is -2.04. The molecule has 1 aromatic carbocycles. The van der Waals surface area contributed by atoms with Crippen LogP contribution in [-0.4, -0.2) is 41.1 Å². The van der Waals surface area contributed by atoms with Crippen LogP contribution in [-0.2, 0) is 11.2 Å². The van der Waals surface area contributed by atoms with Crippen molar-refractivity contribution in [2.75, 3.05) is 7.05 Å². The quantitative estimate of drug-likeness (QED) is 0.767. The SMILES string of the molecule is CC(N(C)C(=O)NC(CCC(=O)O)Cc1ccccc1)C1(C)CC1. The molecule has 0 spiro atoms. The highest BCUT2D eigenvalue weighted by molar-refractivity contribution is 5.75. The molecule has 0 saturated heterocycles. The van der Waals surface area contributed by atoms with Crippen molar-refractivity contribution in [3.8, 4) is 0 Å². The predicted molar refractivity (Wildman–Crippen MR) is 93.9 cm³/mol. The molecule has 1 aliphatic carbocycles. The van der Waals surface area contributed by atoms with E-state index in [1.54, 1.807) is 4.90 Å². The van der Waals surface area contributed by atoms with Gasteiger partial charge in [-0.15, -0.1) is 0 Å². The molecule has 132 valence electrons. The van der Waals surface area contributed by atoms with Crippen molar-refractivity contribution < 1.29 is 14.7 Å². The van der Waals surface area contributed by atoms with E-state index in [9.17, 15) is 9.59 Å². The van der Waals surface area contributed by atoms with Gasteiger partial charge < -0.3 is 15.3 Å². The second-order valence-corrected chi connectivity index (χ2v) is 7.21. The number of aliphatic carboxylic acids is 1. The molecule has 1 saturated carbocycles. The highest BCUT2D eigenvalue weighted by Crippen LogP contribution is 2.49. The van der Waals surface area contributed by atoms with Crippen LogP contribution in [0.15, 0.2) is 30.3 Å². The largest absolute Gasteiger partial charge is 0.481 e. The molecule has 24 heavy (non-hydrogen) atoms. The van der Waals surface area contributed by atoms with Crippen LogP contribution in [0, 0.1) is 5.41 Å². The Balaban J connectivity index is 1.97. The minimum absolute atomic E-state index is 0.0504. The maximum atomic E-state index is 12.6. The van der Waals surface area contributed by atoms with Crippen LogP contribution in [0.3, 0.4) is 0 Å². The zero-order chi connectivity index (χ0) is 17.7. The second kappa shape index (κ2) is 7.69. The predicted octanol–water partition coefficient (Wildman–Crippen LogP) is 3.29. The number of hydrogen-bond acceptors (Lipinski definition) is 2. The number of carboxylic acid groups (broad SMARTS) is 1. The van der Waals surface area contributed by atoms with Crippen LogP contribution in [0.2, 0.25) is 0 Å². The molecule has 1 aliphatic rings.